The van der Waals surface area contributed by atoms with Crippen LogP contribution in [-0.4, -0.2) is 18.6 Å². The molecule has 1 unspecified atom stereocenters. The second-order valence-corrected chi connectivity index (χ2v) is 4.57. The molecule has 0 saturated carbocycles. The number of hydrogen-bond donors (Lipinski definition) is 2. The zero-order valence-electron chi connectivity index (χ0n) is 9.25. The summed E-state index contributed by atoms with van der Waals surface area (Å²) in [6.45, 7) is 4.75. The number of thiophene rings is 1. The molecule has 15 heavy (non-hydrogen) atoms. The third kappa shape index (κ3) is 4.83. The summed E-state index contributed by atoms with van der Waals surface area (Å²) in [5, 5.41) is 7.76. The maximum absolute atomic E-state index is 11.3. The van der Waals surface area contributed by atoms with Gasteiger partial charge in [-0.1, -0.05) is 13.0 Å². The number of amides is 2. The molecular weight excluding hydrogens is 208 g/mol. The van der Waals surface area contributed by atoms with Crippen molar-refractivity contribution in [3.05, 3.63) is 22.4 Å². The monoisotopic (exact) mass is 226 g/mol. The quantitative estimate of drug-likeness (QED) is 0.795. The van der Waals surface area contributed by atoms with Crippen LogP contribution in [-0.2, 0) is 6.42 Å². The first-order valence-corrected chi connectivity index (χ1v) is 6.17. The van der Waals surface area contributed by atoms with E-state index in [-0.39, 0.29) is 12.1 Å². The number of hydrogen-bond acceptors (Lipinski definition) is 2. The lowest BCUT2D eigenvalue weighted by atomic mass is 10.3. The van der Waals surface area contributed by atoms with Gasteiger partial charge in [-0.2, -0.15) is 0 Å². The number of carbonyl (C=O) groups excluding carboxylic acids is 1. The van der Waals surface area contributed by atoms with E-state index in [2.05, 4.69) is 29.0 Å². The van der Waals surface area contributed by atoms with Crippen molar-refractivity contribution in [2.45, 2.75) is 32.7 Å². The molecule has 3 nitrogen and oxygen atoms in total. The van der Waals surface area contributed by atoms with Gasteiger partial charge >= 0.3 is 6.03 Å². The molecule has 0 aliphatic carbocycles. The van der Waals surface area contributed by atoms with Gasteiger partial charge in [-0.3, -0.25) is 0 Å². The Morgan fingerprint density at radius 3 is 3.00 bits per heavy atom. The maximum atomic E-state index is 11.3. The standard InChI is InChI=1S/C11H18N2OS/c1-3-9(2)13-11(14)12-7-6-10-5-4-8-15-10/h4-5,8-9H,3,6-7H2,1-2H3,(H2,12,13,14). The number of urea groups is 1. The van der Waals surface area contributed by atoms with Crippen LogP contribution < -0.4 is 10.6 Å². The van der Waals surface area contributed by atoms with Gasteiger partial charge in [-0.15, -0.1) is 11.3 Å². The summed E-state index contributed by atoms with van der Waals surface area (Å²) in [7, 11) is 0. The van der Waals surface area contributed by atoms with Gasteiger partial charge in [0.15, 0.2) is 0 Å². The summed E-state index contributed by atoms with van der Waals surface area (Å²) in [5.41, 5.74) is 0. The van der Waals surface area contributed by atoms with Crippen LogP contribution >= 0.6 is 11.3 Å². The molecule has 0 aliphatic rings. The van der Waals surface area contributed by atoms with E-state index in [1.54, 1.807) is 11.3 Å². The smallest absolute Gasteiger partial charge is 0.315 e. The minimum Gasteiger partial charge on any atom is -0.338 e. The lowest BCUT2D eigenvalue weighted by Crippen LogP contribution is -2.41. The van der Waals surface area contributed by atoms with Crippen LogP contribution in [0.5, 0.6) is 0 Å². The Bertz CT molecular complexity index is 285. The second kappa shape index (κ2) is 6.45. The van der Waals surface area contributed by atoms with Crippen molar-refractivity contribution < 1.29 is 4.79 Å². The summed E-state index contributed by atoms with van der Waals surface area (Å²) in [6, 6.07) is 4.28. The minimum absolute atomic E-state index is 0.0686. The summed E-state index contributed by atoms with van der Waals surface area (Å²) < 4.78 is 0. The Labute approximate surface area is 94.9 Å². The Balaban J connectivity index is 2.12. The van der Waals surface area contributed by atoms with Crippen LogP contribution in [0.4, 0.5) is 4.79 Å². The molecule has 4 heteroatoms. The fraction of sp³-hybridized carbons (Fsp3) is 0.545. The van der Waals surface area contributed by atoms with E-state index >= 15 is 0 Å². The Kier molecular flexibility index (Phi) is 5.18. The maximum Gasteiger partial charge on any atom is 0.315 e. The van der Waals surface area contributed by atoms with E-state index < -0.39 is 0 Å². The minimum atomic E-state index is -0.0686. The first-order valence-electron chi connectivity index (χ1n) is 5.29. The summed E-state index contributed by atoms with van der Waals surface area (Å²) in [4.78, 5) is 12.6. The average molecular weight is 226 g/mol. The van der Waals surface area contributed by atoms with E-state index in [1.807, 2.05) is 13.0 Å². The lowest BCUT2D eigenvalue weighted by molar-refractivity contribution is 0.237. The fourth-order valence-corrected chi connectivity index (χ4v) is 1.84. The third-order valence-corrected chi connectivity index (χ3v) is 3.16. The highest BCUT2D eigenvalue weighted by atomic mass is 32.1. The van der Waals surface area contributed by atoms with Gasteiger partial charge in [0, 0.05) is 17.5 Å². The van der Waals surface area contributed by atoms with Crippen molar-refractivity contribution in [2.75, 3.05) is 6.54 Å². The molecule has 0 spiro atoms. The summed E-state index contributed by atoms with van der Waals surface area (Å²) in [6.07, 6.45) is 1.87. The van der Waals surface area contributed by atoms with Crippen molar-refractivity contribution >= 4 is 17.4 Å². The van der Waals surface area contributed by atoms with E-state index in [4.69, 9.17) is 0 Å². The molecule has 0 bridgehead atoms. The van der Waals surface area contributed by atoms with Crippen molar-refractivity contribution in [3.8, 4) is 0 Å². The molecule has 0 aliphatic heterocycles. The predicted octanol–water partition coefficient (Wildman–Crippen LogP) is 2.39. The molecular formula is C11H18N2OS. The molecule has 1 heterocycles. The molecule has 1 aromatic heterocycles. The van der Waals surface area contributed by atoms with Gasteiger partial charge in [0.05, 0.1) is 0 Å². The highest BCUT2D eigenvalue weighted by Crippen LogP contribution is 2.07. The van der Waals surface area contributed by atoms with Crippen molar-refractivity contribution in [1.29, 1.82) is 0 Å². The summed E-state index contributed by atoms with van der Waals surface area (Å²) in [5.74, 6) is 0. The first-order chi connectivity index (χ1) is 7.22. The van der Waals surface area contributed by atoms with E-state index in [0.29, 0.717) is 6.54 Å². The van der Waals surface area contributed by atoms with Crippen LogP contribution in [0.2, 0.25) is 0 Å². The predicted molar refractivity (Wildman–Crippen MR) is 64.3 cm³/mol. The molecule has 0 radical (unpaired) electrons. The highest BCUT2D eigenvalue weighted by Gasteiger charge is 2.03. The van der Waals surface area contributed by atoms with Gasteiger partial charge in [-0.25, -0.2) is 4.79 Å². The van der Waals surface area contributed by atoms with Gasteiger partial charge in [0.25, 0.3) is 0 Å². The number of carbonyl (C=O) groups is 1. The van der Waals surface area contributed by atoms with Crippen molar-refractivity contribution in [2.24, 2.45) is 0 Å². The molecule has 84 valence electrons. The molecule has 0 aromatic carbocycles. The van der Waals surface area contributed by atoms with Crippen LogP contribution in [0.1, 0.15) is 25.1 Å². The van der Waals surface area contributed by atoms with Crippen LogP contribution in [0.15, 0.2) is 17.5 Å². The SMILES string of the molecule is CCC(C)NC(=O)NCCc1cccs1. The fourth-order valence-electron chi connectivity index (χ4n) is 1.13. The number of rotatable bonds is 5. The van der Waals surface area contributed by atoms with Crippen LogP contribution in [0.3, 0.4) is 0 Å². The Hall–Kier alpha value is -1.03. The second-order valence-electron chi connectivity index (χ2n) is 3.54. The molecule has 2 N–H and O–H groups in total. The molecule has 1 aromatic rings. The van der Waals surface area contributed by atoms with Gasteiger partial charge in [0.2, 0.25) is 0 Å². The van der Waals surface area contributed by atoms with Gasteiger partial charge in [0.1, 0.15) is 0 Å². The largest absolute Gasteiger partial charge is 0.338 e. The van der Waals surface area contributed by atoms with E-state index in [0.717, 1.165) is 12.8 Å². The molecule has 0 saturated heterocycles. The topological polar surface area (TPSA) is 41.1 Å². The highest BCUT2D eigenvalue weighted by molar-refractivity contribution is 7.09. The zero-order valence-corrected chi connectivity index (χ0v) is 10.1. The molecule has 1 atom stereocenters. The Morgan fingerprint density at radius 1 is 1.60 bits per heavy atom. The van der Waals surface area contributed by atoms with E-state index in [9.17, 15) is 4.79 Å². The van der Waals surface area contributed by atoms with Crippen molar-refractivity contribution in [1.82, 2.24) is 10.6 Å². The summed E-state index contributed by atoms with van der Waals surface area (Å²) >= 11 is 1.72. The number of nitrogens with one attached hydrogen (secondary N) is 2. The van der Waals surface area contributed by atoms with Gasteiger partial charge in [-0.05, 0) is 31.2 Å². The van der Waals surface area contributed by atoms with Crippen molar-refractivity contribution in [3.63, 3.8) is 0 Å². The third-order valence-electron chi connectivity index (χ3n) is 2.23. The molecule has 0 fully saturated rings. The average Bonchev–Trinajstić information content (AvgIpc) is 2.70. The Morgan fingerprint density at radius 2 is 2.40 bits per heavy atom. The van der Waals surface area contributed by atoms with Crippen LogP contribution in [0.25, 0.3) is 0 Å². The van der Waals surface area contributed by atoms with Crippen LogP contribution in [0, 0.1) is 0 Å². The molecule has 1 rings (SSSR count). The first kappa shape index (κ1) is 12.0. The molecule has 2 amide bonds. The van der Waals surface area contributed by atoms with Gasteiger partial charge < -0.3 is 10.6 Å². The zero-order chi connectivity index (χ0) is 11.1. The van der Waals surface area contributed by atoms with E-state index in [1.165, 1.54) is 4.88 Å². The lowest BCUT2D eigenvalue weighted by Gasteiger charge is -2.11. The normalized spacial score (nSPS) is 12.1.